The third-order valence-electron chi connectivity index (χ3n) is 6.10. The Morgan fingerprint density at radius 2 is 1.71 bits per heavy atom. The van der Waals surface area contributed by atoms with E-state index in [1.807, 2.05) is 36.3 Å². The predicted molar refractivity (Wildman–Crippen MR) is 136 cm³/mol. The van der Waals surface area contributed by atoms with Crippen molar-refractivity contribution in [2.45, 2.75) is 12.9 Å². The third kappa shape index (κ3) is 4.30. The van der Waals surface area contributed by atoms with Gasteiger partial charge < -0.3 is 33.7 Å². The maximum atomic E-state index is 6.42. The Morgan fingerprint density at radius 3 is 2.34 bits per heavy atom. The topological polar surface area (TPSA) is 70.0 Å². The molecule has 1 aromatic heterocycles. The van der Waals surface area contributed by atoms with Crippen molar-refractivity contribution in [2.75, 3.05) is 38.6 Å². The van der Waals surface area contributed by atoms with Crippen molar-refractivity contribution in [3.05, 3.63) is 78.9 Å². The number of nitrogens with one attached hydrogen (secondary N) is 1. The lowest BCUT2D eigenvalue weighted by atomic mass is 10.0. The molecule has 4 aromatic rings. The largest absolute Gasteiger partial charge is 0.493 e. The van der Waals surface area contributed by atoms with E-state index in [2.05, 4.69) is 57.7 Å². The highest BCUT2D eigenvalue weighted by Gasteiger charge is 2.31. The van der Waals surface area contributed by atoms with Crippen LogP contribution in [0.2, 0.25) is 0 Å². The van der Waals surface area contributed by atoms with Crippen molar-refractivity contribution < 1.29 is 18.9 Å². The Morgan fingerprint density at radius 1 is 0.971 bits per heavy atom. The molecule has 0 radical (unpaired) electrons. The Kier molecular flexibility index (Phi) is 6.10. The van der Waals surface area contributed by atoms with Crippen LogP contribution in [-0.4, -0.2) is 44.3 Å². The molecule has 8 heteroatoms. The molecule has 0 saturated heterocycles. The first-order valence-electron chi connectivity index (χ1n) is 11.3. The molecule has 0 aliphatic carbocycles. The van der Waals surface area contributed by atoms with E-state index >= 15 is 0 Å². The lowest BCUT2D eigenvalue weighted by Crippen LogP contribution is -2.38. The van der Waals surface area contributed by atoms with Crippen LogP contribution < -0.4 is 29.2 Å². The van der Waals surface area contributed by atoms with Crippen molar-refractivity contribution in [3.63, 3.8) is 0 Å². The van der Waals surface area contributed by atoms with Crippen molar-refractivity contribution in [1.82, 2.24) is 9.55 Å². The van der Waals surface area contributed by atoms with Crippen LogP contribution in [0, 0.1) is 0 Å². The summed E-state index contributed by atoms with van der Waals surface area (Å²) >= 11 is 0. The number of imidazole rings is 1. The summed E-state index contributed by atoms with van der Waals surface area (Å²) in [6.07, 6.45) is 5.17. The number of fused-ring (bicyclic) bond motifs is 1. The van der Waals surface area contributed by atoms with Gasteiger partial charge in [0.1, 0.15) is 0 Å². The molecule has 1 aliphatic heterocycles. The van der Waals surface area contributed by atoms with Gasteiger partial charge in [0.25, 0.3) is 6.35 Å². The smallest absolute Gasteiger partial charge is 0.251 e. The number of aromatic nitrogens is 2. The summed E-state index contributed by atoms with van der Waals surface area (Å²) in [5.74, 6) is 2.53. The summed E-state index contributed by atoms with van der Waals surface area (Å²) in [5, 5.41) is 3.43. The molecular weight excluding hydrogens is 444 g/mol. The zero-order chi connectivity index (χ0) is 24.4. The molecule has 180 valence electrons. The fourth-order valence-electron chi connectivity index (χ4n) is 4.28. The van der Waals surface area contributed by atoms with E-state index in [0.29, 0.717) is 17.2 Å². The molecule has 0 fully saturated rings. The molecule has 0 spiro atoms. The first-order chi connectivity index (χ1) is 17.1. The second-order valence-corrected chi connectivity index (χ2v) is 8.23. The molecule has 35 heavy (non-hydrogen) atoms. The first kappa shape index (κ1) is 22.5. The molecule has 0 bridgehead atoms. The third-order valence-corrected chi connectivity index (χ3v) is 6.10. The average Bonchev–Trinajstić information content (AvgIpc) is 3.51. The van der Waals surface area contributed by atoms with Gasteiger partial charge in [0.2, 0.25) is 5.75 Å². The fourth-order valence-corrected chi connectivity index (χ4v) is 4.28. The second kappa shape index (κ2) is 9.50. The molecule has 5 rings (SSSR count). The molecule has 2 heterocycles. The van der Waals surface area contributed by atoms with Crippen LogP contribution in [0.25, 0.3) is 11.1 Å². The minimum Gasteiger partial charge on any atom is -0.493 e. The zero-order valence-electron chi connectivity index (χ0n) is 20.2. The normalized spacial score (nSPS) is 14.3. The summed E-state index contributed by atoms with van der Waals surface area (Å²) in [4.78, 5) is 6.18. The number of hydrogen-bond acceptors (Lipinski definition) is 7. The van der Waals surface area contributed by atoms with E-state index in [4.69, 9.17) is 18.9 Å². The molecule has 1 aliphatic rings. The Hall–Kier alpha value is -4.33. The minimum absolute atomic E-state index is 0.408. The van der Waals surface area contributed by atoms with Gasteiger partial charge in [0.05, 0.1) is 33.3 Å². The Balaban J connectivity index is 1.39. The van der Waals surface area contributed by atoms with Gasteiger partial charge in [-0.05, 0) is 17.2 Å². The second-order valence-electron chi connectivity index (χ2n) is 8.23. The number of ether oxygens (including phenoxy) is 4. The Labute approximate surface area is 204 Å². The van der Waals surface area contributed by atoms with E-state index in [1.165, 1.54) is 5.56 Å². The molecule has 0 amide bonds. The lowest BCUT2D eigenvalue weighted by Gasteiger charge is -2.23. The minimum atomic E-state index is -0.408. The molecule has 0 saturated carbocycles. The monoisotopic (exact) mass is 472 g/mol. The van der Waals surface area contributed by atoms with Crippen LogP contribution >= 0.6 is 0 Å². The summed E-state index contributed by atoms with van der Waals surface area (Å²) in [5.41, 5.74) is 5.14. The number of hydrogen-bond donors (Lipinski definition) is 1. The van der Waals surface area contributed by atoms with Gasteiger partial charge >= 0.3 is 0 Å². The van der Waals surface area contributed by atoms with Crippen molar-refractivity contribution in [3.8, 4) is 34.1 Å². The van der Waals surface area contributed by atoms with Gasteiger partial charge in [-0.3, -0.25) is 0 Å². The van der Waals surface area contributed by atoms with E-state index in [0.717, 1.165) is 34.8 Å². The van der Waals surface area contributed by atoms with E-state index in [-0.39, 0.29) is 0 Å². The maximum absolute atomic E-state index is 6.42. The SMILES string of the molecule is COc1cc(NC2Oc3c(-c4ccc(Cn5ccnc5)cc4)cccc3N2C)cc(OC)c1OC. The van der Waals surface area contributed by atoms with Crippen molar-refractivity contribution >= 4 is 11.4 Å². The fraction of sp³-hybridized carbons (Fsp3) is 0.222. The van der Waals surface area contributed by atoms with Crippen LogP contribution in [-0.2, 0) is 6.54 Å². The van der Waals surface area contributed by atoms with Gasteiger partial charge in [-0.1, -0.05) is 36.4 Å². The van der Waals surface area contributed by atoms with Crippen molar-refractivity contribution in [1.29, 1.82) is 0 Å². The van der Waals surface area contributed by atoms with Gasteiger partial charge in [0, 0.05) is 49.4 Å². The highest BCUT2D eigenvalue weighted by Crippen LogP contribution is 2.45. The number of nitrogens with zero attached hydrogens (tertiary/aromatic N) is 3. The number of benzene rings is 3. The van der Waals surface area contributed by atoms with E-state index in [9.17, 15) is 0 Å². The molecule has 3 aromatic carbocycles. The van der Waals surface area contributed by atoms with Gasteiger partial charge in [-0.25, -0.2) is 4.98 Å². The maximum Gasteiger partial charge on any atom is 0.251 e. The first-order valence-corrected chi connectivity index (χ1v) is 11.3. The van der Waals surface area contributed by atoms with E-state index in [1.54, 1.807) is 27.5 Å². The number of methoxy groups -OCH3 is 3. The molecular formula is C27H28N4O4. The highest BCUT2D eigenvalue weighted by molar-refractivity contribution is 5.81. The average molecular weight is 473 g/mol. The summed E-state index contributed by atoms with van der Waals surface area (Å²) in [6, 6.07) is 18.5. The van der Waals surface area contributed by atoms with Crippen LogP contribution in [0.4, 0.5) is 11.4 Å². The predicted octanol–water partition coefficient (Wildman–Crippen LogP) is 4.85. The summed E-state index contributed by atoms with van der Waals surface area (Å²) in [6.45, 7) is 0.785. The summed E-state index contributed by atoms with van der Waals surface area (Å²) in [7, 11) is 6.79. The van der Waals surface area contributed by atoms with Crippen LogP contribution in [0.5, 0.6) is 23.0 Å². The summed E-state index contributed by atoms with van der Waals surface area (Å²) < 4.78 is 24.9. The molecule has 1 unspecified atom stereocenters. The zero-order valence-corrected chi connectivity index (χ0v) is 20.2. The Bertz CT molecular complexity index is 1280. The van der Waals surface area contributed by atoms with Crippen LogP contribution in [0.1, 0.15) is 5.56 Å². The van der Waals surface area contributed by atoms with Crippen LogP contribution in [0.3, 0.4) is 0 Å². The van der Waals surface area contributed by atoms with Crippen LogP contribution in [0.15, 0.2) is 73.3 Å². The highest BCUT2D eigenvalue weighted by atomic mass is 16.5. The van der Waals surface area contributed by atoms with E-state index < -0.39 is 6.35 Å². The number of anilines is 2. The van der Waals surface area contributed by atoms with Gasteiger partial charge in [-0.2, -0.15) is 0 Å². The number of rotatable bonds is 8. The molecule has 8 nitrogen and oxygen atoms in total. The molecule has 1 atom stereocenters. The van der Waals surface area contributed by atoms with Crippen molar-refractivity contribution in [2.24, 2.45) is 0 Å². The molecule has 1 N–H and O–H groups in total. The number of para-hydroxylation sites is 1. The van der Waals surface area contributed by atoms with Gasteiger partial charge in [-0.15, -0.1) is 0 Å². The lowest BCUT2D eigenvalue weighted by molar-refractivity contribution is 0.260. The van der Waals surface area contributed by atoms with Gasteiger partial charge in [0.15, 0.2) is 17.2 Å². The quantitative estimate of drug-likeness (QED) is 0.393. The standard InChI is InChI=1S/C27H28N4O4/c1-30-22-7-5-6-21(19-10-8-18(9-11-19)16-31-13-12-28-17-31)25(22)35-27(30)29-20-14-23(32-2)26(34-4)24(15-20)33-3/h5-15,17,27,29H,16H2,1-4H3.